The fourth-order valence-electron chi connectivity index (χ4n) is 3.32. The third-order valence-corrected chi connectivity index (χ3v) is 4.82. The van der Waals surface area contributed by atoms with E-state index in [2.05, 4.69) is 10.2 Å². The number of benzene rings is 1. The van der Waals surface area contributed by atoms with E-state index in [1.54, 1.807) is 13.2 Å². The molecule has 0 bridgehead atoms. The summed E-state index contributed by atoms with van der Waals surface area (Å²) in [5.74, 6) is 1.34. The fraction of sp³-hybridized carbons (Fsp3) is 0.533. The summed E-state index contributed by atoms with van der Waals surface area (Å²) in [6.07, 6.45) is 1.71. The Labute approximate surface area is 134 Å². The van der Waals surface area contributed by atoms with Gasteiger partial charge in [-0.05, 0) is 31.0 Å². The van der Waals surface area contributed by atoms with Crippen LogP contribution in [0.3, 0.4) is 0 Å². The Hall–Kier alpha value is -0.970. The van der Waals surface area contributed by atoms with Crippen molar-refractivity contribution in [3.8, 4) is 5.75 Å². The lowest BCUT2D eigenvalue weighted by Gasteiger charge is -2.34. The van der Waals surface area contributed by atoms with Crippen molar-refractivity contribution in [1.29, 1.82) is 0 Å². The maximum absolute atomic E-state index is 11.5. The Kier molecular flexibility index (Phi) is 4.29. The molecule has 2 aliphatic heterocycles. The number of amides is 1. The summed E-state index contributed by atoms with van der Waals surface area (Å²) in [6.45, 7) is 2.57. The van der Waals surface area contributed by atoms with Crippen molar-refractivity contribution in [2.75, 3.05) is 20.2 Å². The topological polar surface area (TPSA) is 41.6 Å². The third kappa shape index (κ3) is 3.12. The zero-order chi connectivity index (χ0) is 15.0. The zero-order valence-corrected chi connectivity index (χ0v) is 13.4. The molecular weight excluding hydrogens is 311 g/mol. The number of fused-ring (bicyclic) bond motifs is 1. The number of carbonyl (C=O) groups is 1. The first-order valence-corrected chi connectivity index (χ1v) is 7.86. The van der Waals surface area contributed by atoms with Gasteiger partial charge in [0.15, 0.2) is 0 Å². The van der Waals surface area contributed by atoms with Gasteiger partial charge in [-0.1, -0.05) is 23.2 Å². The predicted octanol–water partition coefficient (Wildman–Crippen LogP) is 2.71. The van der Waals surface area contributed by atoms with Crippen molar-refractivity contribution in [3.63, 3.8) is 0 Å². The van der Waals surface area contributed by atoms with Crippen molar-refractivity contribution < 1.29 is 9.53 Å². The molecule has 4 nitrogen and oxygen atoms in total. The van der Waals surface area contributed by atoms with Gasteiger partial charge in [0.25, 0.3) is 0 Å². The number of carbonyl (C=O) groups excluding carboxylic acids is 1. The van der Waals surface area contributed by atoms with Gasteiger partial charge in [0.05, 0.1) is 12.1 Å². The highest BCUT2D eigenvalue weighted by atomic mass is 35.5. The number of nitrogens with one attached hydrogen (secondary N) is 1. The number of hydrogen-bond acceptors (Lipinski definition) is 3. The molecule has 0 radical (unpaired) electrons. The van der Waals surface area contributed by atoms with E-state index in [-0.39, 0.29) is 11.9 Å². The van der Waals surface area contributed by atoms with Crippen molar-refractivity contribution in [1.82, 2.24) is 10.2 Å². The number of nitrogens with zero attached hydrogens (tertiary/aromatic N) is 1. The van der Waals surface area contributed by atoms with Crippen molar-refractivity contribution in [3.05, 3.63) is 27.7 Å². The van der Waals surface area contributed by atoms with Crippen LogP contribution in [-0.4, -0.2) is 37.0 Å². The minimum absolute atomic E-state index is 0.176. The average molecular weight is 329 g/mol. The van der Waals surface area contributed by atoms with E-state index >= 15 is 0 Å². The van der Waals surface area contributed by atoms with Crippen molar-refractivity contribution in [2.45, 2.75) is 25.4 Å². The average Bonchev–Trinajstić information content (AvgIpc) is 2.77. The predicted molar refractivity (Wildman–Crippen MR) is 82.9 cm³/mol. The Morgan fingerprint density at radius 3 is 3.00 bits per heavy atom. The van der Waals surface area contributed by atoms with E-state index in [0.29, 0.717) is 28.1 Å². The Morgan fingerprint density at radius 1 is 1.43 bits per heavy atom. The van der Waals surface area contributed by atoms with Crippen LogP contribution in [0.5, 0.6) is 5.75 Å². The highest BCUT2D eigenvalue weighted by Gasteiger charge is 2.36. The summed E-state index contributed by atoms with van der Waals surface area (Å²) >= 11 is 12.3. The largest absolute Gasteiger partial charge is 0.495 e. The van der Waals surface area contributed by atoms with Crippen LogP contribution in [0.2, 0.25) is 10.0 Å². The number of likely N-dealkylation sites (tertiary alicyclic amines) is 1. The van der Waals surface area contributed by atoms with Crippen LogP contribution in [-0.2, 0) is 11.3 Å². The van der Waals surface area contributed by atoms with E-state index < -0.39 is 0 Å². The van der Waals surface area contributed by atoms with Crippen LogP contribution in [0.1, 0.15) is 18.4 Å². The molecule has 2 saturated heterocycles. The molecule has 3 rings (SSSR count). The standard InChI is InChI=1S/C15H18Cl2N2O2/c1-21-15-10(4-11(16)6-12(15)17)7-19-3-2-9-5-14(20)18-13(9)8-19/h4,6,9,13H,2-3,5,7-8H2,1H3,(H,18,20)/t9-,13-/m1/s1. The van der Waals surface area contributed by atoms with Crippen LogP contribution in [0, 0.1) is 5.92 Å². The van der Waals surface area contributed by atoms with Gasteiger partial charge in [-0.25, -0.2) is 0 Å². The maximum atomic E-state index is 11.5. The molecular formula is C15H18Cl2N2O2. The van der Waals surface area contributed by atoms with Crippen molar-refractivity contribution in [2.24, 2.45) is 5.92 Å². The molecule has 0 unspecified atom stereocenters. The van der Waals surface area contributed by atoms with Gasteiger partial charge in [-0.2, -0.15) is 0 Å². The lowest BCUT2D eigenvalue weighted by Crippen LogP contribution is -2.46. The van der Waals surface area contributed by atoms with E-state index in [9.17, 15) is 4.79 Å². The van der Waals surface area contributed by atoms with Crippen molar-refractivity contribution >= 4 is 29.1 Å². The summed E-state index contributed by atoms with van der Waals surface area (Å²) in [7, 11) is 1.61. The zero-order valence-electron chi connectivity index (χ0n) is 11.9. The summed E-state index contributed by atoms with van der Waals surface area (Å²) < 4.78 is 5.39. The second kappa shape index (κ2) is 6.03. The van der Waals surface area contributed by atoms with E-state index in [4.69, 9.17) is 27.9 Å². The highest BCUT2D eigenvalue weighted by molar-refractivity contribution is 6.35. The van der Waals surface area contributed by atoms with Crippen LogP contribution >= 0.6 is 23.2 Å². The summed E-state index contributed by atoms with van der Waals surface area (Å²) in [5, 5.41) is 4.20. The molecule has 114 valence electrons. The normalized spacial score (nSPS) is 25.6. The van der Waals surface area contributed by atoms with Crippen LogP contribution < -0.4 is 10.1 Å². The Balaban J connectivity index is 1.74. The molecule has 2 heterocycles. The van der Waals surface area contributed by atoms with Crippen LogP contribution in [0.4, 0.5) is 0 Å². The lowest BCUT2D eigenvalue weighted by atomic mass is 9.92. The molecule has 0 saturated carbocycles. The number of piperidine rings is 1. The number of rotatable bonds is 3. The monoisotopic (exact) mass is 328 g/mol. The molecule has 1 aromatic carbocycles. The number of ether oxygens (including phenoxy) is 1. The number of hydrogen-bond donors (Lipinski definition) is 1. The minimum atomic E-state index is 0.176. The van der Waals surface area contributed by atoms with Gasteiger partial charge < -0.3 is 10.1 Å². The van der Waals surface area contributed by atoms with E-state index in [0.717, 1.165) is 31.6 Å². The van der Waals surface area contributed by atoms with E-state index in [1.165, 1.54) is 0 Å². The Bertz CT molecular complexity index is 565. The molecule has 2 atom stereocenters. The molecule has 1 aromatic rings. The molecule has 6 heteroatoms. The van der Waals surface area contributed by atoms with Gasteiger partial charge in [-0.3, -0.25) is 9.69 Å². The molecule has 1 N–H and O–H groups in total. The highest BCUT2D eigenvalue weighted by Crippen LogP contribution is 2.34. The first-order chi connectivity index (χ1) is 10.1. The second-order valence-corrected chi connectivity index (χ2v) is 6.59. The fourth-order valence-corrected chi connectivity index (χ4v) is 3.94. The summed E-state index contributed by atoms with van der Waals surface area (Å²) in [6, 6.07) is 3.85. The van der Waals surface area contributed by atoms with Gasteiger partial charge in [0.1, 0.15) is 5.75 Å². The van der Waals surface area contributed by atoms with Gasteiger partial charge in [0.2, 0.25) is 5.91 Å². The first kappa shape index (κ1) is 14.9. The number of methoxy groups -OCH3 is 1. The minimum Gasteiger partial charge on any atom is -0.495 e. The molecule has 2 fully saturated rings. The SMILES string of the molecule is COc1c(Cl)cc(Cl)cc1CN1CC[C@@H]2CC(=O)N[C@@H]2C1. The van der Waals surface area contributed by atoms with Gasteiger partial charge in [-0.15, -0.1) is 0 Å². The second-order valence-electron chi connectivity index (χ2n) is 5.74. The molecule has 21 heavy (non-hydrogen) atoms. The molecule has 2 aliphatic rings. The molecule has 0 aromatic heterocycles. The van der Waals surface area contributed by atoms with Crippen LogP contribution in [0.25, 0.3) is 0 Å². The summed E-state index contributed by atoms with van der Waals surface area (Å²) in [5.41, 5.74) is 0.984. The van der Waals surface area contributed by atoms with Gasteiger partial charge >= 0.3 is 0 Å². The molecule has 0 spiro atoms. The molecule has 1 amide bonds. The quantitative estimate of drug-likeness (QED) is 0.927. The first-order valence-electron chi connectivity index (χ1n) is 7.10. The lowest BCUT2D eigenvalue weighted by molar-refractivity contribution is -0.119. The maximum Gasteiger partial charge on any atom is 0.220 e. The smallest absolute Gasteiger partial charge is 0.220 e. The Morgan fingerprint density at radius 2 is 2.24 bits per heavy atom. The molecule has 0 aliphatic carbocycles. The number of halogens is 2. The summed E-state index contributed by atoms with van der Waals surface area (Å²) in [4.78, 5) is 13.8. The third-order valence-electron chi connectivity index (χ3n) is 4.32. The van der Waals surface area contributed by atoms with Gasteiger partial charge in [0, 0.05) is 36.1 Å². The van der Waals surface area contributed by atoms with Crippen LogP contribution in [0.15, 0.2) is 12.1 Å². The van der Waals surface area contributed by atoms with E-state index in [1.807, 2.05) is 6.07 Å².